The van der Waals surface area contributed by atoms with Crippen LogP contribution in [0.4, 0.5) is 17.1 Å². The van der Waals surface area contributed by atoms with E-state index in [-0.39, 0.29) is 5.41 Å². The van der Waals surface area contributed by atoms with Gasteiger partial charge in [0.25, 0.3) is 0 Å². The molecule has 0 atom stereocenters. The van der Waals surface area contributed by atoms with Crippen LogP contribution < -0.4 is 4.90 Å². The van der Waals surface area contributed by atoms with Crippen LogP contribution in [0.3, 0.4) is 0 Å². The molecule has 1 nitrogen and oxygen atoms in total. The topological polar surface area (TPSA) is 3.24 Å². The summed E-state index contributed by atoms with van der Waals surface area (Å²) in [5, 5.41) is 4.95. The van der Waals surface area contributed by atoms with Gasteiger partial charge in [-0.2, -0.15) is 0 Å². The lowest BCUT2D eigenvalue weighted by Gasteiger charge is -2.30. The Labute approximate surface area is 317 Å². The summed E-state index contributed by atoms with van der Waals surface area (Å²) in [6.07, 6.45) is 0. The molecule has 0 heterocycles. The maximum Gasteiger partial charge on any atom is 0.0540 e. The summed E-state index contributed by atoms with van der Waals surface area (Å²) in [5.74, 6) is 0. The van der Waals surface area contributed by atoms with Gasteiger partial charge in [-0.1, -0.05) is 172 Å². The van der Waals surface area contributed by atoms with Gasteiger partial charge in [-0.15, -0.1) is 0 Å². The second kappa shape index (κ2) is 12.8. The molecule has 9 aromatic rings. The van der Waals surface area contributed by atoms with E-state index in [0.29, 0.717) is 0 Å². The first-order valence-corrected chi connectivity index (χ1v) is 18.9. The molecule has 54 heavy (non-hydrogen) atoms. The average molecular weight is 690 g/mol. The van der Waals surface area contributed by atoms with Crippen LogP contribution >= 0.6 is 0 Å². The fourth-order valence-corrected chi connectivity index (χ4v) is 8.82. The van der Waals surface area contributed by atoms with Crippen LogP contribution in [0.5, 0.6) is 0 Å². The fourth-order valence-electron chi connectivity index (χ4n) is 8.82. The molecule has 0 fully saturated rings. The molecule has 9 aromatic carbocycles. The highest BCUT2D eigenvalue weighted by atomic mass is 15.1. The average Bonchev–Trinajstić information content (AvgIpc) is 3.46. The van der Waals surface area contributed by atoms with Crippen LogP contribution in [0.25, 0.3) is 66.1 Å². The third-order valence-electron chi connectivity index (χ3n) is 11.4. The largest absolute Gasteiger partial charge is 0.310 e. The summed E-state index contributed by atoms with van der Waals surface area (Å²) in [7, 11) is 0. The number of para-hydroxylation sites is 2. The van der Waals surface area contributed by atoms with E-state index in [4.69, 9.17) is 0 Å². The lowest BCUT2D eigenvalue weighted by Crippen LogP contribution is -2.17. The molecule has 0 unspecified atom stereocenters. The molecule has 0 aliphatic heterocycles. The molecular formula is C53H39N. The van der Waals surface area contributed by atoms with Gasteiger partial charge in [-0.3, -0.25) is 0 Å². The first kappa shape index (κ1) is 32.0. The third kappa shape index (κ3) is 5.16. The molecule has 0 aromatic heterocycles. The molecule has 0 bridgehead atoms. The minimum atomic E-state index is -0.173. The Morgan fingerprint density at radius 3 is 1.70 bits per heavy atom. The highest BCUT2D eigenvalue weighted by molar-refractivity contribution is 6.06. The number of fused-ring (bicyclic) bond motifs is 5. The van der Waals surface area contributed by atoms with Crippen LogP contribution in [0.15, 0.2) is 200 Å². The monoisotopic (exact) mass is 689 g/mol. The van der Waals surface area contributed by atoms with Crippen molar-refractivity contribution in [2.75, 3.05) is 4.90 Å². The highest BCUT2D eigenvalue weighted by Crippen LogP contribution is 2.54. The van der Waals surface area contributed by atoms with E-state index in [1.54, 1.807) is 0 Å². The fraction of sp³-hybridized carbons (Fsp3) is 0.0566. The van der Waals surface area contributed by atoms with E-state index in [9.17, 15) is 0 Å². The van der Waals surface area contributed by atoms with Crippen LogP contribution in [0.1, 0.15) is 25.0 Å². The van der Waals surface area contributed by atoms with Gasteiger partial charge in [0.05, 0.1) is 5.69 Å². The second-order valence-corrected chi connectivity index (χ2v) is 14.9. The Hall–Kier alpha value is -6.70. The van der Waals surface area contributed by atoms with Gasteiger partial charge in [-0.25, -0.2) is 0 Å². The quantitative estimate of drug-likeness (QED) is 0.168. The molecule has 0 saturated carbocycles. The van der Waals surface area contributed by atoms with Crippen molar-refractivity contribution in [3.63, 3.8) is 0 Å². The van der Waals surface area contributed by atoms with Gasteiger partial charge in [0.2, 0.25) is 0 Å². The van der Waals surface area contributed by atoms with Gasteiger partial charge in [0.1, 0.15) is 0 Å². The van der Waals surface area contributed by atoms with Gasteiger partial charge < -0.3 is 4.90 Å². The summed E-state index contributed by atoms with van der Waals surface area (Å²) in [6.45, 7) is 4.76. The van der Waals surface area contributed by atoms with Crippen LogP contribution in [0.2, 0.25) is 0 Å². The maximum atomic E-state index is 2.45. The zero-order chi connectivity index (χ0) is 36.2. The van der Waals surface area contributed by atoms with E-state index in [0.717, 1.165) is 17.1 Å². The molecule has 0 saturated heterocycles. The van der Waals surface area contributed by atoms with Crippen molar-refractivity contribution in [3.05, 3.63) is 211 Å². The second-order valence-electron chi connectivity index (χ2n) is 14.9. The molecule has 0 amide bonds. The van der Waals surface area contributed by atoms with E-state index in [1.165, 1.54) is 77.2 Å². The van der Waals surface area contributed by atoms with E-state index < -0.39 is 0 Å². The number of benzene rings is 9. The normalized spacial score (nSPS) is 12.8. The highest BCUT2D eigenvalue weighted by Gasteiger charge is 2.37. The summed E-state index contributed by atoms with van der Waals surface area (Å²) in [5.41, 5.74) is 16.0. The first-order valence-electron chi connectivity index (χ1n) is 18.9. The van der Waals surface area contributed by atoms with Gasteiger partial charge in [-0.05, 0) is 114 Å². The number of nitrogens with zero attached hydrogens (tertiary/aromatic N) is 1. The Balaban J connectivity index is 1.20. The predicted octanol–water partition coefficient (Wildman–Crippen LogP) is 14.8. The molecule has 0 radical (unpaired) electrons. The molecule has 10 rings (SSSR count). The number of rotatable bonds is 6. The SMILES string of the molecule is CC1(C)c2cc(N(c3ccccc3)c3ccccc3-c3cc4ccccc4cc3-c3cccc4ccccc34)ccc2-c2c(-c3ccccc3)cccc21. The Morgan fingerprint density at radius 1 is 0.352 bits per heavy atom. The van der Waals surface area contributed by atoms with Crippen molar-refractivity contribution < 1.29 is 0 Å². The number of hydrogen-bond acceptors (Lipinski definition) is 1. The van der Waals surface area contributed by atoms with E-state index in [2.05, 4.69) is 219 Å². The van der Waals surface area contributed by atoms with Gasteiger partial charge in [0, 0.05) is 22.4 Å². The Morgan fingerprint density at radius 2 is 0.926 bits per heavy atom. The summed E-state index contributed by atoms with van der Waals surface area (Å²) < 4.78 is 0. The van der Waals surface area contributed by atoms with Crippen molar-refractivity contribution in [1.29, 1.82) is 0 Å². The standard InChI is InChI=1S/C53H39N/c1-53(2)49-29-16-27-43(37-17-5-3-6-18-37)52(49)46-32-31-41(35-50(46)53)54(40-23-7-4-8-24-40)51-30-14-13-26-45(51)48-34-39-21-10-9-20-38(39)33-47(48)44-28-15-22-36-19-11-12-25-42(36)44/h3-35H,1-2H3. The third-order valence-corrected chi connectivity index (χ3v) is 11.4. The summed E-state index contributed by atoms with van der Waals surface area (Å²) >= 11 is 0. The van der Waals surface area contributed by atoms with E-state index >= 15 is 0 Å². The predicted molar refractivity (Wildman–Crippen MR) is 230 cm³/mol. The minimum absolute atomic E-state index is 0.173. The van der Waals surface area contributed by atoms with Gasteiger partial charge >= 0.3 is 0 Å². The maximum absolute atomic E-state index is 2.45. The Bertz CT molecular complexity index is 2840. The van der Waals surface area contributed by atoms with Crippen LogP contribution in [-0.2, 0) is 5.41 Å². The van der Waals surface area contributed by atoms with Crippen molar-refractivity contribution >= 4 is 38.6 Å². The molecule has 1 heteroatoms. The zero-order valence-electron chi connectivity index (χ0n) is 30.5. The molecule has 1 aliphatic carbocycles. The summed E-state index contributed by atoms with van der Waals surface area (Å²) in [6, 6.07) is 73.4. The van der Waals surface area contributed by atoms with Crippen molar-refractivity contribution in [1.82, 2.24) is 0 Å². The minimum Gasteiger partial charge on any atom is -0.310 e. The molecule has 0 spiro atoms. The van der Waals surface area contributed by atoms with Crippen LogP contribution in [-0.4, -0.2) is 0 Å². The Kier molecular flexibility index (Phi) is 7.56. The number of anilines is 3. The summed E-state index contributed by atoms with van der Waals surface area (Å²) in [4.78, 5) is 2.45. The number of hydrogen-bond donors (Lipinski definition) is 0. The molecule has 256 valence electrons. The zero-order valence-corrected chi connectivity index (χ0v) is 30.5. The molecule has 0 N–H and O–H groups in total. The van der Waals surface area contributed by atoms with Gasteiger partial charge in [0.15, 0.2) is 0 Å². The first-order chi connectivity index (χ1) is 26.6. The van der Waals surface area contributed by atoms with Crippen LogP contribution in [0, 0.1) is 0 Å². The smallest absolute Gasteiger partial charge is 0.0540 e. The lowest BCUT2D eigenvalue weighted by atomic mass is 9.81. The lowest BCUT2D eigenvalue weighted by molar-refractivity contribution is 0.660. The van der Waals surface area contributed by atoms with Crippen molar-refractivity contribution in [3.8, 4) is 44.5 Å². The molecular weight excluding hydrogens is 651 g/mol. The molecule has 1 aliphatic rings. The van der Waals surface area contributed by atoms with E-state index in [1.807, 2.05) is 0 Å². The van der Waals surface area contributed by atoms with Crippen molar-refractivity contribution in [2.45, 2.75) is 19.3 Å². The van der Waals surface area contributed by atoms with Crippen molar-refractivity contribution in [2.24, 2.45) is 0 Å².